The number of hydrogen-bond donors (Lipinski definition) is 1. The summed E-state index contributed by atoms with van der Waals surface area (Å²) >= 11 is 0. The number of methoxy groups -OCH3 is 1. The van der Waals surface area contributed by atoms with Crippen LogP contribution in [0.25, 0.3) is 0 Å². The number of carbonyl (C=O) groups excluding carboxylic acids is 1. The van der Waals surface area contributed by atoms with Crippen LogP contribution in [-0.2, 0) is 10.0 Å². The maximum atomic E-state index is 13.1. The lowest BCUT2D eigenvalue weighted by Crippen LogP contribution is -2.35. The molecule has 168 valence electrons. The predicted molar refractivity (Wildman–Crippen MR) is 122 cm³/mol. The summed E-state index contributed by atoms with van der Waals surface area (Å²) in [5, 5.41) is 3.01. The van der Waals surface area contributed by atoms with Crippen molar-refractivity contribution in [3.05, 3.63) is 58.1 Å². The first-order chi connectivity index (χ1) is 14.6. The lowest BCUT2D eigenvalue weighted by Gasteiger charge is -2.26. The highest BCUT2D eigenvalue weighted by Crippen LogP contribution is 2.28. The Kier molecular flexibility index (Phi) is 7.06. The molecule has 0 bridgehead atoms. The fraction of sp³-hybridized carbons (Fsp3) is 0.458. The van der Waals surface area contributed by atoms with Gasteiger partial charge < -0.3 is 10.1 Å². The maximum absolute atomic E-state index is 13.1. The third-order valence-electron chi connectivity index (χ3n) is 6.06. The van der Waals surface area contributed by atoms with Gasteiger partial charge in [0.25, 0.3) is 5.91 Å². The number of sulfonamides is 1. The van der Waals surface area contributed by atoms with Crippen LogP contribution in [0.4, 0.5) is 0 Å². The van der Waals surface area contributed by atoms with Gasteiger partial charge in [-0.05, 0) is 81.0 Å². The molecule has 7 heteroatoms. The van der Waals surface area contributed by atoms with Gasteiger partial charge in [0.05, 0.1) is 23.6 Å². The highest BCUT2D eigenvalue weighted by Gasteiger charge is 2.28. The van der Waals surface area contributed by atoms with E-state index in [0.29, 0.717) is 18.8 Å². The van der Waals surface area contributed by atoms with Crippen LogP contribution in [0.2, 0.25) is 0 Å². The maximum Gasteiger partial charge on any atom is 0.255 e. The first-order valence-electron chi connectivity index (χ1n) is 10.7. The number of benzene rings is 2. The minimum atomic E-state index is -3.64. The topological polar surface area (TPSA) is 75.7 Å². The molecule has 1 heterocycles. The van der Waals surface area contributed by atoms with Crippen molar-refractivity contribution in [3.63, 3.8) is 0 Å². The van der Waals surface area contributed by atoms with E-state index in [1.165, 1.54) is 29.1 Å². The second kappa shape index (κ2) is 9.40. The first kappa shape index (κ1) is 23.3. The van der Waals surface area contributed by atoms with E-state index in [-0.39, 0.29) is 22.4 Å². The van der Waals surface area contributed by atoms with Crippen LogP contribution in [0.3, 0.4) is 0 Å². The minimum absolute atomic E-state index is 0.121. The number of nitrogens with zero attached hydrogens (tertiary/aromatic N) is 1. The third kappa shape index (κ3) is 4.93. The molecule has 0 aromatic heterocycles. The monoisotopic (exact) mass is 444 g/mol. The molecule has 6 nitrogen and oxygen atoms in total. The van der Waals surface area contributed by atoms with E-state index < -0.39 is 10.0 Å². The lowest BCUT2D eigenvalue weighted by atomic mass is 9.96. The van der Waals surface area contributed by atoms with Crippen molar-refractivity contribution in [2.45, 2.75) is 57.9 Å². The van der Waals surface area contributed by atoms with Crippen molar-refractivity contribution in [2.75, 3.05) is 20.2 Å². The largest absolute Gasteiger partial charge is 0.496 e. The van der Waals surface area contributed by atoms with Crippen LogP contribution in [0.1, 0.15) is 64.8 Å². The van der Waals surface area contributed by atoms with Crippen molar-refractivity contribution in [1.29, 1.82) is 0 Å². The molecule has 0 saturated carbocycles. The quantitative estimate of drug-likeness (QED) is 0.721. The molecule has 1 N–H and O–H groups in total. The van der Waals surface area contributed by atoms with E-state index in [4.69, 9.17) is 4.74 Å². The standard InChI is InChI=1S/C24H32N2O4S/c1-16-13-18(3)21(14-17(16)2)19(4)25-24(27)22-15-20(9-10-23(22)30-5)31(28,29)26-11-7-6-8-12-26/h9-10,13-15,19H,6-8,11-12H2,1-5H3,(H,25,27)/t19-/m1/s1. The minimum Gasteiger partial charge on any atom is -0.496 e. The smallest absolute Gasteiger partial charge is 0.255 e. The average molecular weight is 445 g/mol. The van der Waals surface area contributed by atoms with E-state index in [2.05, 4.69) is 24.4 Å². The van der Waals surface area contributed by atoms with Crippen LogP contribution >= 0.6 is 0 Å². The summed E-state index contributed by atoms with van der Waals surface area (Å²) in [7, 11) is -2.17. The molecule has 31 heavy (non-hydrogen) atoms. The van der Waals surface area contributed by atoms with E-state index >= 15 is 0 Å². The van der Waals surface area contributed by atoms with Crippen LogP contribution in [-0.4, -0.2) is 38.8 Å². The summed E-state index contributed by atoms with van der Waals surface area (Å²) in [6, 6.07) is 8.45. The Morgan fingerprint density at radius 3 is 2.29 bits per heavy atom. The summed E-state index contributed by atoms with van der Waals surface area (Å²) < 4.78 is 33.0. The van der Waals surface area contributed by atoms with E-state index in [9.17, 15) is 13.2 Å². The second-order valence-electron chi connectivity index (χ2n) is 8.32. The summed E-state index contributed by atoms with van der Waals surface area (Å²) in [5.74, 6) is -0.0169. The predicted octanol–water partition coefficient (Wildman–Crippen LogP) is 4.29. The van der Waals surface area contributed by atoms with Crippen molar-refractivity contribution < 1.29 is 17.9 Å². The molecule has 2 aromatic rings. The van der Waals surface area contributed by atoms with Crippen molar-refractivity contribution in [2.24, 2.45) is 0 Å². The number of ether oxygens (including phenoxy) is 1. The van der Waals surface area contributed by atoms with Gasteiger partial charge in [0, 0.05) is 13.1 Å². The fourth-order valence-electron chi connectivity index (χ4n) is 4.08. The number of carbonyl (C=O) groups is 1. The van der Waals surface area contributed by atoms with Gasteiger partial charge in [0.2, 0.25) is 10.0 Å². The van der Waals surface area contributed by atoms with Gasteiger partial charge in [-0.2, -0.15) is 4.31 Å². The Balaban J connectivity index is 1.90. The first-order valence-corrected chi connectivity index (χ1v) is 12.2. The lowest BCUT2D eigenvalue weighted by molar-refractivity contribution is 0.0936. The van der Waals surface area contributed by atoms with Gasteiger partial charge in [-0.3, -0.25) is 4.79 Å². The molecule has 1 aliphatic heterocycles. The van der Waals surface area contributed by atoms with Gasteiger partial charge in [0.1, 0.15) is 5.75 Å². The molecule has 0 spiro atoms. The Hall–Kier alpha value is -2.38. The molecule has 0 unspecified atom stereocenters. The molecule has 1 aliphatic rings. The van der Waals surface area contributed by atoms with Crippen molar-refractivity contribution in [3.8, 4) is 5.75 Å². The number of rotatable bonds is 6. The zero-order chi connectivity index (χ0) is 22.8. The average Bonchev–Trinajstić information content (AvgIpc) is 2.76. The third-order valence-corrected chi connectivity index (χ3v) is 7.96. The molecular weight excluding hydrogens is 412 g/mol. The number of aryl methyl sites for hydroxylation is 3. The molecule has 1 amide bonds. The molecule has 2 aromatic carbocycles. The Morgan fingerprint density at radius 2 is 1.65 bits per heavy atom. The second-order valence-corrected chi connectivity index (χ2v) is 10.3. The summed E-state index contributed by atoms with van der Waals surface area (Å²) in [6.07, 6.45) is 2.75. The zero-order valence-electron chi connectivity index (χ0n) is 19.0. The van der Waals surface area contributed by atoms with Gasteiger partial charge in [-0.1, -0.05) is 18.6 Å². The van der Waals surface area contributed by atoms with E-state index in [0.717, 1.165) is 36.0 Å². The van der Waals surface area contributed by atoms with E-state index in [1.54, 1.807) is 6.07 Å². The Bertz CT molecular complexity index is 1070. The molecule has 0 radical (unpaired) electrons. The number of nitrogens with one attached hydrogen (secondary N) is 1. The van der Waals surface area contributed by atoms with Crippen LogP contribution < -0.4 is 10.1 Å². The molecule has 1 fully saturated rings. The zero-order valence-corrected chi connectivity index (χ0v) is 19.8. The number of amides is 1. The summed E-state index contributed by atoms with van der Waals surface area (Å²) in [4.78, 5) is 13.2. The Labute approximate surface area is 185 Å². The highest BCUT2D eigenvalue weighted by atomic mass is 32.2. The van der Waals surface area contributed by atoms with Crippen molar-refractivity contribution in [1.82, 2.24) is 9.62 Å². The number of hydrogen-bond acceptors (Lipinski definition) is 4. The molecule has 1 atom stereocenters. The van der Waals surface area contributed by atoms with Crippen LogP contribution in [0.5, 0.6) is 5.75 Å². The normalized spacial score (nSPS) is 16.0. The molecule has 0 aliphatic carbocycles. The number of piperidine rings is 1. The summed E-state index contributed by atoms with van der Waals surface area (Å²) in [6.45, 7) is 9.09. The van der Waals surface area contributed by atoms with Crippen molar-refractivity contribution >= 4 is 15.9 Å². The van der Waals surface area contributed by atoms with Gasteiger partial charge in [0.15, 0.2) is 0 Å². The van der Waals surface area contributed by atoms with Crippen LogP contribution in [0.15, 0.2) is 35.2 Å². The SMILES string of the molecule is COc1ccc(S(=O)(=O)N2CCCCC2)cc1C(=O)N[C@H](C)c1cc(C)c(C)cc1C. The Morgan fingerprint density at radius 1 is 1.00 bits per heavy atom. The highest BCUT2D eigenvalue weighted by molar-refractivity contribution is 7.89. The molecule has 3 rings (SSSR count). The summed E-state index contributed by atoms with van der Waals surface area (Å²) in [5.41, 5.74) is 4.72. The van der Waals surface area contributed by atoms with Gasteiger partial charge in [-0.25, -0.2) is 8.42 Å². The van der Waals surface area contributed by atoms with Crippen LogP contribution in [0, 0.1) is 20.8 Å². The fourth-order valence-corrected chi connectivity index (χ4v) is 5.62. The van der Waals surface area contributed by atoms with Gasteiger partial charge in [-0.15, -0.1) is 0 Å². The van der Waals surface area contributed by atoms with E-state index in [1.807, 2.05) is 20.8 Å². The van der Waals surface area contributed by atoms with Gasteiger partial charge >= 0.3 is 0 Å². The molecule has 1 saturated heterocycles. The molecular formula is C24H32N2O4S.